The summed E-state index contributed by atoms with van der Waals surface area (Å²) in [6, 6.07) is 9.22. The van der Waals surface area contributed by atoms with E-state index in [1.807, 2.05) is 12.1 Å². The molecule has 10 nitrogen and oxygen atoms in total. The summed E-state index contributed by atoms with van der Waals surface area (Å²) in [7, 11) is 0. The third-order valence-corrected chi connectivity index (χ3v) is 4.53. The number of carbonyl (C=O) groups excluding carboxylic acids is 2. The van der Waals surface area contributed by atoms with Crippen molar-refractivity contribution in [2.75, 3.05) is 13.2 Å². The van der Waals surface area contributed by atoms with E-state index in [1.165, 1.54) is 24.3 Å². The van der Waals surface area contributed by atoms with Crippen molar-refractivity contribution in [2.45, 2.75) is 32.6 Å². The minimum absolute atomic E-state index is 0.00558. The van der Waals surface area contributed by atoms with Crippen molar-refractivity contribution in [2.24, 2.45) is 0 Å². The summed E-state index contributed by atoms with van der Waals surface area (Å²) < 4.78 is 10.4. The van der Waals surface area contributed by atoms with Crippen molar-refractivity contribution in [3.05, 3.63) is 62.5 Å². The Morgan fingerprint density at radius 3 is 1.84 bits per heavy atom. The minimum Gasteiger partial charge on any atom is -0.461 e. The lowest BCUT2D eigenvalue weighted by Gasteiger charge is -2.30. The first kappa shape index (κ1) is 23.1. The van der Waals surface area contributed by atoms with Crippen molar-refractivity contribution in [3.63, 3.8) is 0 Å². The Kier molecular flexibility index (Phi) is 7.87. The van der Waals surface area contributed by atoms with Crippen molar-refractivity contribution >= 4 is 17.6 Å². The van der Waals surface area contributed by atoms with Crippen molar-refractivity contribution in [3.8, 4) is 12.1 Å². The molecule has 1 aliphatic rings. The molecule has 0 radical (unpaired) electrons. The van der Waals surface area contributed by atoms with E-state index >= 15 is 0 Å². The van der Waals surface area contributed by atoms with Crippen LogP contribution < -0.4 is 5.32 Å². The summed E-state index contributed by atoms with van der Waals surface area (Å²) in [4.78, 5) is 36.1. The second kappa shape index (κ2) is 10.6. The molecule has 1 aliphatic heterocycles. The van der Waals surface area contributed by atoms with Crippen LogP contribution in [0.5, 0.6) is 0 Å². The van der Waals surface area contributed by atoms with Gasteiger partial charge in [-0.1, -0.05) is 12.1 Å². The molecule has 0 atom stereocenters. The van der Waals surface area contributed by atoms with Gasteiger partial charge < -0.3 is 14.8 Å². The van der Waals surface area contributed by atoms with Crippen LogP contribution in [0.2, 0.25) is 0 Å². The number of ether oxygens (including phenoxy) is 2. The number of hydrogen-bond acceptors (Lipinski definition) is 9. The van der Waals surface area contributed by atoms with Gasteiger partial charge >= 0.3 is 11.9 Å². The number of nitriles is 2. The predicted octanol–water partition coefficient (Wildman–Crippen LogP) is 2.74. The van der Waals surface area contributed by atoms with E-state index in [2.05, 4.69) is 5.32 Å². The van der Waals surface area contributed by atoms with Crippen molar-refractivity contribution in [1.29, 1.82) is 10.5 Å². The number of carbonyl (C=O) groups is 2. The zero-order valence-corrected chi connectivity index (χ0v) is 17.0. The van der Waals surface area contributed by atoms with E-state index in [0.29, 0.717) is 17.0 Å². The average Bonchev–Trinajstić information content (AvgIpc) is 2.73. The molecule has 1 aromatic carbocycles. The van der Waals surface area contributed by atoms with Crippen LogP contribution in [0, 0.1) is 32.8 Å². The molecular weight excluding hydrogens is 404 g/mol. The Morgan fingerprint density at radius 2 is 1.45 bits per heavy atom. The Hall–Kier alpha value is -4.18. The quantitative estimate of drug-likeness (QED) is 0.287. The zero-order valence-electron chi connectivity index (χ0n) is 17.0. The number of nitro benzene ring substituents is 1. The standard InChI is InChI=1S/C21H20N4O6/c1-13-17(20(26)30-11-3-9-22)19(15-5-7-16(8-6-15)25(28)29)18(14(2)24-13)21(27)31-12-4-10-23/h5-8,19,24H,3-4,11-12H2,1-2H3. The number of benzene rings is 1. The molecule has 0 saturated carbocycles. The number of nitrogens with one attached hydrogen (secondary N) is 1. The first-order chi connectivity index (χ1) is 14.8. The van der Waals surface area contributed by atoms with Crippen LogP contribution in [0.25, 0.3) is 0 Å². The molecule has 0 aliphatic carbocycles. The van der Waals surface area contributed by atoms with Gasteiger partial charge in [0.05, 0.1) is 47.0 Å². The monoisotopic (exact) mass is 424 g/mol. The maximum absolute atomic E-state index is 12.8. The van der Waals surface area contributed by atoms with Crippen LogP contribution in [0.4, 0.5) is 5.69 Å². The fourth-order valence-electron chi connectivity index (χ4n) is 3.19. The highest BCUT2D eigenvalue weighted by molar-refractivity contribution is 5.99. The number of non-ortho nitro benzene ring substituents is 1. The molecule has 0 fully saturated rings. The molecule has 1 N–H and O–H groups in total. The summed E-state index contributed by atoms with van der Waals surface area (Å²) in [5, 5.41) is 31.3. The summed E-state index contributed by atoms with van der Waals surface area (Å²) in [5.74, 6) is -2.36. The number of dihydropyridines is 1. The van der Waals surface area contributed by atoms with Gasteiger partial charge in [0.1, 0.15) is 13.2 Å². The molecule has 31 heavy (non-hydrogen) atoms. The van der Waals surface area contributed by atoms with Crippen LogP contribution in [-0.4, -0.2) is 30.1 Å². The van der Waals surface area contributed by atoms with E-state index in [0.717, 1.165) is 0 Å². The number of nitro groups is 1. The predicted molar refractivity (Wildman–Crippen MR) is 107 cm³/mol. The molecule has 160 valence electrons. The third kappa shape index (κ3) is 5.46. The molecule has 0 saturated heterocycles. The molecule has 10 heteroatoms. The lowest BCUT2D eigenvalue weighted by molar-refractivity contribution is -0.384. The second-order valence-corrected chi connectivity index (χ2v) is 6.57. The highest BCUT2D eigenvalue weighted by atomic mass is 16.6. The zero-order chi connectivity index (χ0) is 23.0. The summed E-state index contributed by atoms with van der Waals surface area (Å²) in [6.07, 6.45) is 0.0112. The highest BCUT2D eigenvalue weighted by Crippen LogP contribution is 2.39. The van der Waals surface area contributed by atoms with Gasteiger partial charge in [0.2, 0.25) is 0 Å². The largest absolute Gasteiger partial charge is 0.461 e. The van der Waals surface area contributed by atoms with E-state index in [1.54, 1.807) is 13.8 Å². The molecule has 0 aromatic heterocycles. The molecule has 1 aromatic rings. The smallest absolute Gasteiger partial charge is 0.336 e. The first-order valence-electron chi connectivity index (χ1n) is 9.32. The van der Waals surface area contributed by atoms with Crippen molar-refractivity contribution in [1.82, 2.24) is 5.32 Å². The Balaban J connectivity index is 2.52. The van der Waals surface area contributed by atoms with Crippen LogP contribution in [0.15, 0.2) is 46.8 Å². The number of esters is 2. The van der Waals surface area contributed by atoms with E-state index in [4.69, 9.17) is 20.0 Å². The summed E-state index contributed by atoms with van der Waals surface area (Å²) in [5.41, 5.74) is 1.45. The van der Waals surface area contributed by atoms with Crippen LogP contribution >= 0.6 is 0 Å². The first-order valence-corrected chi connectivity index (χ1v) is 9.32. The Bertz CT molecular complexity index is 973. The normalized spacial score (nSPS) is 13.7. The fourth-order valence-corrected chi connectivity index (χ4v) is 3.19. The van der Waals surface area contributed by atoms with Crippen molar-refractivity contribution < 1.29 is 24.0 Å². The van der Waals surface area contributed by atoms with Crippen LogP contribution in [-0.2, 0) is 19.1 Å². The molecule has 0 spiro atoms. The topological polar surface area (TPSA) is 155 Å². The molecule has 0 amide bonds. The lowest BCUT2D eigenvalue weighted by atomic mass is 9.80. The van der Waals surface area contributed by atoms with Gasteiger partial charge in [0.25, 0.3) is 5.69 Å². The number of rotatable bonds is 8. The molecule has 0 bridgehead atoms. The number of allylic oxidation sites excluding steroid dienone is 2. The fraction of sp³-hybridized carbons (Fsp3) is 0.333. The molecule has 2 rings (SSSR count). The lowest BCUT2D eigenvalue weighted by Crippen LogP contribution is -2.32. The maximum Gasteiger partial charge on any atom is 0.336 e. The SMILES string of the molecule is CC1=C(C(=O)OCCC#N)C(c2ccc([N+](=O)[O-])cc2)C(C(=O)OCCC#N)=C(C)N1. The minimum atomic E-state index is -0.911. The molecule has 0 unspecified atom stereocenters. The van der Waals surface area contributed by atoms with E-state index in [9.17, 15) is 19.7 Å². The second-order valence-electron chi connectivity index (χ2n) is 6.57. The van der Waals surface area contributed by atoms with E-state index in [-0.39, 0.29) is 42.9 Å². The molecule has 1 heterocycles. The number of nitrogens with zero attached hydrogens (tertiary/aromatic N) is 3. The Morgan fingerprint density at radius 1 is 1.00 bits per heavy atom. The van der Waals surface area contributed by atoms with Gasteiger partial charge in [-0.2, -0.15) is 10.5 Å². The maximum atomic E-state index is 12.8. The molecular formula is C21H20N4O6. The average molecular weight is 424 g/mol. The van der Waals surface area contributed by atoms with Gasteiger partial charge in [0, 0.05) is 23.5 Å². The summed E-state index contributed by atoms with van der Waals surface area (Å²) >= 11 is 0. The van der Waals surface area contributed by atoms with Crippen LogP contribution in [0.3, 0.4) is 0 Å². The summed E-state index contributed by atoms with van der Waals surface area (Å²) in [6.45, 7) is 3.04. The van der Waals surface area contributed by atoms with Crippen LogP contribution in [0.1, 0.15) is 38.2 Å². The van der Waals surface area contributed by atoms with Gasteiger partial charge in [0.15, 0.2) is 0 Å². The Labute approximate surface area is 178 Å². The van der Waals surface area contributed by atoms with Gasteiger partial charge in [-0.05, 0) is 19.4 Å². The highest BCUT2D eigenvalue weighted by Gasteiger charge is 2.38. The third-order valence-electron chi connectivity index (χ3n) is 4.53. The van der Waals surface area contributed by atoms with Gasteiger partial charge in [-0.3, -0.25) is 10.1 Å². The number of hydrogen-bond donors (Lipinski definition) is 1. The van der Waals surface area contributed by atoms with Gasteiger partial charge in [-0.15, -0.1) is 0 Å². The van der Waals surface area contributed by atoms with Gasteiger partial charge in [-0.25, -0.2) is 9.59 Å². The van der Waals surface area contributed by atoms with E-state index < -0.39 is 22.8 Å².